The SMILES string of the molecule is CN(CCCC(=O)O)C(=O)Cn1c(C(F)(F)F)nc2ccccc21. The lowest BCUT2D eigenvalue weighted by atomic mass is 10.3. The standard InChI is InChI=1S/C15H16F3N3O3/c1-20(8-4-7-13(23)24)12(22)9-21-11-6-3-2-5-10(11)19-14(21)15(16,17)18/h2-3,5-6H,4,7-9H2,1H3,(H,23,24). The summed E-state index contributed by atoms with van der Waals surface area (Å²) in [6.45, 7) is -0.363. The van der Waals surface area contributed by atoms with Gasteiger partial charge in [-0.1, -0.05) is 12.1 Å². The van der Waals surface area contributed by atoms with Gasteiger partial charge in [0.2, 0.25) is 11.7 Å². The molecule has 0 atom stereocenters. The number of aromatic nitrogens is 2. The van der Waals surface area contributed by atoms with Crippen molar-refractivity contribution in [3.05, 3.63) is 30.1 Å². The first kappa shape index (κ1) is 17.8. The van der Waals surface area contributed by atoms with Crippen LogP contribution in [0.5, 0.6) is 0 Å². The van der Waals surface area contributed by atoms with Gasteiger partial charge in [0.05, 0.1) is 11.0 Å². The van der Waals surface area contributed by atoms with Crippen molar-refractivity contribution in [1.82, 2.24) is 14.5 Å². The second-order valence-corrected chi connectivity index (χ2v) is 5.32. The largest absolute Gasteiger partial charge is 0.481 e. The Balaban J connectivity index is 2.22. The van der Waals surface area contributed by atoms with Crippen molar-refractivity contribution >= 4 is 22.9 Å². The van der Waals surface area contributed by atoms with Gasteiger partial charge in [-0.3, -0.25) is 9.59 Å². The second-order valence-electron chi connectivity index (χ2n) is 5.32. The van der Waals surface area contributed by atoms with Crippen LogP contribution in [0, 0.1) is 0 Å². The Morgan fingerprint density at radius 2 is 1.96 bits per heavy atom. The molecule has 2 aromatic rings. The molecule has 1 N–H and O–H groups in total. The number of hydrogen-bond acceptors (Lipinski definition) is 3. The lowest BCUT2D eigenvalue weighted by molar-refractivity contribution is -0.148. The number of benzene rings is 1. The van der Waals surface area contributed by atoms with Gasteiger partial charge in [0.15, 0.2) is 0 Å². The van der Waals surface area contributed by atoms with Crippen molar-refractivity contribution in [1.29, 1.82) is 0 Å². The third-order valence-electron chi connectivity index (χ3n) is 3.51. The van der Waals surface area contributed by atoms with Gasteiger partial charge >= 0.3 is 12.1 Å². The summed E-state index contributed by atoms with van der Waals surface area (Å²) in [7, 11) is 1.43. The van der Waals surface area contributed by atoms with Crippen LogP contribution in [0.3, 0.4) is 0 Å². The molecule has 0 aliphatic rings. The molecule has 0 bridgehead atoms. The van der Waals surface area contributed by atoms with E-state index in [1.807, 2.05) is 0 Å². The Bertz CT molecular complexity index is 755. The predicted molar refractivity (Wildman–Crippen MR) is 79.2 cm³/mol. The van der Waals surface area contributed by atoms with Crippen molar-refractivity contribution in [3.63, 3.8) is 0 Å². The molecule has 0 radical (unpaired) electrons. The highest BCUT2D eigenvalue weighted by Gasteiger charge is 2.38. The molecule has 0 saturated carbocycles. The lowest BCUT2D eigenvalue weighted by Crippen LogP contribution is -2.32. The van der Waals surface area contributed by atoms with Crippen LogP contribution < -0.4 is 0 Å². The molecule has 0 unspecified atom stereocenters. The van der Waals surface area contributed by atoms with Crippen LogP contribution >= 0.6 is 0 Å². The average Bonchev–Trinajstić information content (AvgIpc) is 2.86. The number of imidazole rings is 1. The number of aliphatic carboxylic acids is 1. The monoisotopic (exact) mass is 343 g/mol. The zero-order chi connectivity index (χ0) is 17.9. The van der Waals surface area contributed by atoms with Crippen molar-refractivity contribution in [2.45, 2.75) is 25.6 Å². The highest BCUT2D eigenvalue weighted by atomic mass is 19.4. The predicted octanol–water partition coefficient (Wildman–Crippen LogP) is 2.38. The van der Waals surface area contributed by atoms with E-state index >= 15 is 0 Å². The van der Waals surface area contributed by atoms with Crippen LogP contribution in [0.2, 0.25) is 0 Å². The molecule has 2 rings (SSSR count). The van der Waals surface area contributed by atoms with Crippen molar-refractivity contribution < 1.29 is 27.9 Å². The summed E-state index contributed by atoms with van der Waals surface area (Å²) in [6.07, 6.45) is -4.56. The van der Waals surface area contributed by atoms with Crippen LogP contribution in [0.4, 0.5) is 13.2 Å². The first-order chi connectivity index (χ1) is 11.2. The number of para-hydroxylation sites is 2. The molecule has 0 spiro atoms. The van der Waals surface area contributed by atoms with Crippen LogP contribution in [0.1, 0.15) is 18.7 Å². The summed E-state index contributed by atoms with van der Waals surface area (Å²) in [5, 5.41) is 8.58. The zero-order valence-corrected chi connectivity index (χ0v) is 12.9. The van der Waals surface area contributed by atoms with E-state index < -0.39 is 30.4 Å². The molecule has 0 aliphatic carbocycles. The Hall–Kier alpha value is -2.58. The number of amides is 1. The lowest BCUT2D eigenvalue weighted by Gasteiger charge is -2.18. The summed E-state index contributed by atoms with van der Waals surface area (Å²) < 4.78 is 40.3. The van der Waals surface area contributed by atoms with Gasteiger partial charge in [0.25, 0.3) is 0 Å². The topological polar surface area (TPSA) is 75.4 Å². The molecule has 1 heterocycles. The first-order valence-corrected chi connectivity index (χ1v) is 7.18. The summed E-state index contributed by atoms with van der Waals surface area (Å²) >= 11 is 0. The summed E-state index contributed by atoms with van der Waals surface area (Å²) in [5.41, 5.74) is 0.378. The van der Waals surface area contributed by atoms with Gasteiger partial charge < -0.3 is 14.6 Å². The number of halogens is 3. The summed E-state index contributed by atoms with van der Waals surface area (Å²) in [4.78, 5) is 27.4. The van der Waals surface area contributed by atoms with Gasteiger partial charge in [-0.25, -0.2) is 4.98 Å². The van der Waals surface area contributed by atoms with E-state index in [2.05, 4.69) is 4.98 Å². The van der Waals surface area contributed by atoms with Gasteiger partial charge in [-0.2, -0.15) is 13.2 Å². The van der Waals surface area contributed by atoms with Crippen molar-refractivity contribution in [2.24, 2.45) is 0 Å². The molecule has 1 aromatic carbocycles. The number of alkyl halides is 3. The molecule has 130 valence electrons. The van der Waals surface area contributed by atoms with E-state index in [0.717, 1.165) is 4.57 Å². The number of carboxylic acid groups (broad SMARTS) is 1. The minimum atomic E-state index is -4.68. The third-order valence-corrected chi connectivity index (χ3v) is 3.51. The number of rotatable bonds is 6. The van der Waals surface area contributed by atoms with Gasteiger partial charge in [0, 0.05) is 20.0 Å². The van der Waals surface area contributed by atoms with E-state index in [1.54, 1.807) is 12.1 Å². The molecule has 1 amide bonds. The molecule has 6 nitrogen and oxygen atoms in total. The number of nitrogens with zero attached hydrogens (tertiary/aromatic N) is 3. The second kappa shape index (κ2) is 6.90. The van der Waals surface area contributed by atoms with Crippen LogP contribution in [-0.2, 0) is 22.3 Å². The van der Waals surface area contributed by atoms with Gasteiger partial charge in [-0.05, 0) is 18.6 Å². The Morgan fingerprint density at radius 1 is 1.29 bits per heavy atom. The molecular weight excluding hydrogens is 327 g/mol. The minimum absolute atomic E-state index is 0.112. The van der Waals surface area contributed by atoms with E-state index in [1.165, 1.54) is 24.1 Å². The number of hydrogen-bond donors (Lipinski definition) is 1. The quantitative estimate of drug-likeness (QED) is 0.874. The Labute approximate surface area is 135 Å². The van der Waals surface area contributed by atoms with Gasteiger partial charge in [0.1, 0.15) is 6.54 Å². The highest BCUT2D eigenvalue weighted by molar-refractivity contribution is 5.81. The van der Waals surface area contributed by atoms with E-state index in [0.29, 0.717) is 0 Å². The van der Waals surface area contributed by atoms with Crippen molar-refractivity contribution in [2.75, 3.05) is 13.6 Å². The fourth-order valence-corrected chi connectivity index (χ4v) is 2.30. The third kappa shape index (κ3) is 4.03. The Morgan fingerprint density at radius 3 is 2.58 bits per heavy atom. The fraction of sp³-hybridized carbons (Fsp3) is 0.400. The highest BCUT2D eigenvalue weighted by Crippen LogP contribution is 2.31. The summed E-state index contributed by atoms with van der Waals surface area (Å²) in [5.74, 6) is -2.67. The molecule has 1 aromatic heterocycles. The number of likely N-dealkylation sites (N-methyl/N-ethyl adjacent to an activating group) is 1. The first-order valence-electron chi connectivity index (χ1n) is 7.18. The van der Waals surface area contributed by atoms with Gasteiger partial charge in [-0.15, -0.1) is 0 Å². The maximum atomic E-state index is 13.2. The normalized spacial score (nSPS) is 11.7. The smallest absolute Gasteiger partial charge is 0.449 e. The number of carbonyl (C=O) groups excluding carboxylic acids is 1. The van der Waals surface area contributed by atoms with E-state index in [-0.39, 0.29) is 30.4 Å². The fourth-order valence-electron chi connectivity index (χ4n) is 2.30. The molecule has 0 fully saturated rings. The minimum Gasteiger partial charge on any atom is -0.481 e. The molecule has 9 heteroatoms. The van der Waals surface area contributed by atoms with Crippen LogP contribution in [0.15, 0.2) is 24.3 Å². The zero-order valence-electron chi connectivity index (χ0n) is 12.9. The number of carboxylic acids is 1. The van der Waals surface area contributed by atoms with E-state index in [9.17, 15) is 22.8 Å². The molecule has 0 saturated heterocycles. The molecule has 0 aliphatic heterocycles. The number of fused-ring (bicyclic) bond motifs is 1. The van der Waals surface area contributed by atoms with Crippen LogP contribution in [-0.4, -0.2) is 45.0 Å². The molecule has 24 heavy (non-hydrogen) atoms. The Kier molecular flexibility index (Phi) is 5.10. The van der Waals surface area contributed by atoms with Crippen LogP contribution in [0.25, 0.3) is 11.0 Å². The average molecular weight is 343 g/mol. The number of carbonyl (C=O) groups is 2. The molecular formula is C15H16F3N3O3. The maximum Gasteiger partial charge on any atom is 0.449 e. The maximum absolute atomic E-state index is 13.2. The van der Waals surface area contributed by atoms with E-state index in [4.69, 9.17) is 5.11 Å². The van der Waals surface area contributed by atoms with Crippen molar-refractivity contribution in [3.8, 4) is 0 Å². The summed E-state index contributed by atoms with van der Waals surface area (Å²) in [6, 6.07) is 6.05.